The summed E-state index contributed by atoms with van der Waals surface area (Å²) in [6.07, 6.45) is 2.08. The highest BCUT2D eigenvalue weighted by atomic mass is 16.7. The highest BCUT2D eigenvalue weighted by Gasteiger charge is 2.35. The lowest BCUT2D eigenvalue weighted by atomic mass is 9.98. The van der Waals surface area contributed by atoms with Gasteiger partial charge in [0.1, 0.15) is 0 Å². The number of hydrogen-bond donors (Lipinski definition) is 3. The Kier molecular flexibility index (Phi) is 9.06. The Morgan fingerprint density at radius 2 is 1.72 bits per heavy atom. The predicted octanol–water partition coefficient (Wildman–Crippen LogP) is 4.48. The minimum Gasteiger partial charge on any atom is -0.395 e. The molecule has 3 N–H and O–H groups in total. The number of rotatable bonds is 9. The number of nitrogens with one attached hydrogen (secondary N) is 1. The third kappa shape index (κ3) is 6.93. The Morgan fingerprint density at radius 3 is 2.46 bits per heavy atom. The summed E-state index contributed by atoms with van der Waals surface area (Å²) >= 11 is 0. The van der Waals surface area contributed by atoms with Crippen molar-refractivity contribution < 1.29 is 24.5 Å². The summed E-state index contributed by atoms with van der Waals surface area (Å²) in [6, 6.07) is 24.5. The summed E-state index contributed by atoms with van der Waals surface area (Å²) in [6.45, 7) is 3.91. The van der Waals surface area contributed by atoms with Crippen LogP contribution in [0.3, 0.4) is 0 Å². The zero-order chi connectivity index (χ0) is 27.2. The number of hydrogen-bond acceptors (Lipinski definition) is 6. The standard InChI is InChI=1S/C32H38N2O5/c1-22(37)33-18-24-5-2-6-26(15-24)27-7-3-8-28(16-27)32-38-30(19-34-14-4-9-29(34)21-36)17-31(39-32)25-12-10-23(20-35)11-13-25/h2-3,5-8,10-13,15-16,29-32,35-36H,4,9,14,17-21H2,1H3,(H,33,37). The molecule has 4 unspecified atom stereocenters. The van der Waals surface area contributed by atoms with E-state index in [0.29, 0.717) is 13.0 Å². The van der Waals surface area contributed by atoms with E-state index >= 15 is 0 Å². The van der Waals surface area contributed by atoms with Crippen molar-refractivity contribution in [1.82, 2.24) is 10.2 Å². The number of ether oxygens (including phenoxy) is 2. The summed E-state index contributed by atoms with van der Waals surface area (Å²) < 4.78 is 13.1. The fraction of sp³-hybridized carbons (Fsp3) is 0.406. The zero-order valence-electron chi connectivity index (χ0n) is 22.5. The quantitative estimate of drug-likeness (QED) is 0.378. The van der Waals surface area contributed by atoms with Crippen LogP contribution in [0.15, 0.2) is 72.8 Å². The van der Waals surface area contributed by atoms with Gasteiger partial charge in [-0.1, -0.05) is 60.7 Å². The van der Waals surface area contributed by atoms with Crippen LogP contribution >= 0.6 is 0 Å². The Bertz CT molecular complexity index is 1250. The molecule has 0 radical (unpaired) electrons. The van der Waals surface area contributed by atoms with Crippen molar-refractivity contribution in [1.29, 1.82) is 0 Å². The van der Waals surface area contributed by atoms with Crippen LogP contribution in [-0.2, 0) is 27.4 Å². The third-order valence-electron chi connectivity index (χ3n) is 7.72. The van der Waals surface area contributed by atoms with Gasteiger partial charge < -0.3 is 25.0 Å². The van der Waals surface area contributed by atoms with Crippen LogP contribution in [0.2, 0.25) is 0 Å². The second kappa shape index (κ2) is 12.9. The first-order chi connectivity index (χ1) is 19.0. The fourth-order valence-electron chi connectivity index (χ4n) is 5.59. The van der Waals surface area contributed by atoms with Crippen LogP contribution in [0, 0.1) is 0 Å². The Hall–Kier alpha value is -3.07. The second-order valence-electron chi connectivity index (χ2n) is 10.6. The van der Waals surface area contributed by atoms with E-state index in [1.54, 1.807) is 0 Å². The topological polar surface area (TPSA) is 91.3 Å². The molecule has 0 bridgehead atoms. The first kappa shape index (κ1) is 27.5. The molecule has 2 aliphatic heterocycles. The van der Waals surface area contributed by atoms with E-state index in [1.165, 1.54) is 6.92 Å². The van der Waals surface area contributed by atoms with Crippen molar-refractivity contribution >= 4 is 5.91 Å². The van der Waals surface area contributed by atoms with Crippen LogP contribution in [0.5, 0.6) is 0 Å². The summed E-state index contributed by atoms with van der Waals surface area (Å²) in [5.41, 5.74) is 6.03. The highest BCUT2D eigenvalue weighted by Crippen LogP contribution is 2.39. The van der Waals surface area contributed by atoms with E-state index in [2.05, 4.69) is 34.5 Å². The maximum absolute atomic E-state index is 11.4. The molecule has 2 fully saturated rings. The van der Waals surface area contributed by atoms with E-state index < -0.39 is 6.29 Å². The first-order valence-electron chi connectivity index (χ1n) is 13.8. The molecule has 3 aromatic rings. The van der Waals surface area contributed by atoms with Crippen LogP contribution in [0.1, 0.15) is 60.8 Å². The monoisotopic (exact) mass is 530 g/mol. The molecule has 2 heterocycles. The van der Waals surface area contributed by atoms with Crippen molar-refractivity contribution in [2.24, 2.45) is 0 Å². The Balaban J connectivity index is 1.39. The molecule has 39 heavy (non-hydrogen) atoms. The van der Waals surface area contributed by atoms with E-state index in [9.17, 15) is 15.0 Å². The molecule has 1 amide bonds. The SMILES string of the molecule is CC(=O)NCc1cccc(-c2cccc(C3OC(CN4CCCC4CO)CC(c4ccc(CO)cc4)O3)c2)c1. The number of benzene rings is 3. The number of aliphatic hydroxyl groups excluding tert-OH is 2. The molecule has 206 valence electrons. The van der Waals surface area contributed by atoms with Gasteiger partial charge in [0, 0.05) is 38.0 Å². The second-order valence-corrected chi connectivity index (χ2v) is 10.6. The van der Waals surface area contributed by atoms with E-state index in [1.807, 2.05) is 48.5 Å². The van der Waals surface area contributed by atoms with Crippen LogP contribution in [0.4, 0.5) is 0 Å². The molecule has 3 aromatic carbocycles. The van der Waals surface area contributed by atoms with E-state index in [4.69, 9.17) is 9.47 Å². The number of amides is 1. The van der Waals surface area contributed by atoms with Crippen LogP contribution in [-0.4, -0.2) is 52.9 Å². The number of carbonyl (C=O) groups excluding carboxylic acids is 1. The molecule has 5 rings (SSSR count). The lowest BCUT2D eigenvalue weighted by molar-refractivity contribution is -0.253. The summed E-state index contributed by atoms with van der Waals surface area (Å²) in [4.78, 5) is 13.7. The van der Waals surface area contributed by atoms with Crippen molar-refractivity contribution in [2.75, 3.05) is 19.7 Å². The largest absolute Gasteiger partial charge is 0.395 e. The van der Waals surface area contributed by atoms with E-state index in [0.717, 1.165) is 59.3 Å². The van der Waals surface area contributed by atoms with Gasteiger partial charge in [0.15, 0.2) is 6.29 Å². The Labute approximate surface area is 230 Å². The maximum atomic E-state index is 11.4. The molecule has 7 nitrogen and oxygen atoms in total. The molecule has 2 aliphatic rings. The van der Waals surface area contributed by atoms with Gasteiger partial charge >= 0.3 is 0 Å². The predicted molar refractivity (Wildman–Crippen MR) is 150 cm³/mol. The molecule has 2 saturated heterocycles. The molecule has 0 saturated carbocycles. The number of aliphatic hydroxyl groups is 2. The molecule has 4 atom stereocenters. The van der Waals surface area contributed by atoms with E-state index in [-0.39, 0.29) is 37.4 Å². The maximum Gasteiger partial charge on any atom is 0.217 e. The average molecular weight is 531 g/mol. The molecule has 7 heteroatoms. The van der Waals surface area contributed by atoms with Gasteiger partial charge in [-0.25, -0.2) is 0 Å². The molecular weight excluding hydrogens is 492 g/mol. The number of carbonyl (C=O) groups is 1. The smallest absolute Gasteiger partial charge is 0.217 e. The zero-order valence-corrected chi connectivity index (χ0v) is 22.5. The molecular formula is C32H38N2O5. The lowest BCUT2D eigenvalue weighted by Crippen LogP contribution is -2.42. The summed E-state index contributed by atoms with van der Waals surface area (Å²) in [7, 11) is 0. The lowest BCUT2D eigenvalue weighted by Gasteiger charge is -2.38. The normalized spacial score (nSPS) is 23.6. The summed E-state index contributed by atoms with van der Waals surface area (Å²) in [5, 5.41) is 22.2. The van der Waals surface area contributed by atoms with Gasteiger partial charge in [-0.15, -0.1) is 0 Å². The van der Waals surface area contributed by atoms with Gasteiger partial charge in [-0.05, 0) is 59.3 Å². The van der Waals surface area contributed by atoms with Gasteiger partial charge in [-0.3, -0.25) is 9.69 Å². The van der Waals surface area contributed by atoms with Crippen molar-refractivity contribution in [3.05, 3.63) is 95.1 Å². The van der Waals surface area contributed by atoms with Gasteiger partial charge in [-0.2, -0.15) is 0 Å². The first-order valence-corrected chi connectivity index (χ1v) is 13.8. The Morgan fingerprint density at radius 1 is 0.949 bits per heavy atom. The van der Waals surface area contributed by atoms with Crippen LogP contribution in [0.25, 0.3) is 11.1 Å². The highest BCUT2D eigenvalue weighted by molar-refractivity contribution is 5.73. The average Bonchev–Trinajstić information content (AvgIpc) is 3.43. The molecule has 0 aliphatic carbocycles. The molecule has 0 aromatic heterocycles. The molecule has 0 spiro atoms. The van der Waals surface area contributed by atoms with Gasteiger partial charge in [0.05, 0.1) is 25.4 Å². The van der Waals surface area contributed by atoms with Crippen molar-refractivity contribution in [2.45, 2.75) is 63.9 Å². The van der Waals surface area contributed by atoms with Crippen LogP contribution < -0.4 is 5.32 Å². The third-order valence-corrected chi connectivity index (χ3v) is 7.72. The van der Waals surface area contributed by atoms with Gasteiger partial charge in [0.2, 0.25) is 5.91 Å². The number of likely N-dealkylation sites (tertiary alicyclic amines) is 1. The minimum atomic E-state index is -0.538. The van der Waals surface area contributed by atoms with Gasteiger partial charge in [0.25, 0.3) is 0 Å². The number of nitrogens with zero attached hydrogens (tertiary/aromatic N) is 1. The summed E-state index contributed by atoms with van der Waals surface area (Å²) in [5.74, 6) is -0.0525. The van der Waals surface area contributed by atoms with Crippen molar-refractivity contribution in [3.8, 4) is 11.1 Å². The van der Waals surface area contributed by atoms with Crippen molar-refractivity contribution in [3.63, 3.8) is 0 Å². The fourth-order valence-corrected chi connectivity index (χ4v) is 5.59. The minimum absolute atomic E-state index is 0.0104.